The second-order valence-corrected chi connectivity index (χ2v) is 5.71. The summed E-state index contributed by atoms with van der Waals surface area (Å²) < 4.78 is 15.9. The van der Waals surface area contributed by atoms with Crippen LogP contribution in [0.5, 0.6) is 11.5 Å². The van der Waals surface area contributed by atoms with Gasteiger partial charge in [0.05, 0.1) is 20.3 Å². The Morgan fingerprint density at radius 3 is 2.48 bits per heavy atom. The van der Waals surface area contributed by atoms with Crippen molar-refractivity contribution in [1.29, 1.82) is 0 Å². The first kappa shape index (κ1) is 17.0. The summed E-state index contributed by atoms with van der Waals surface area (Å²) in [6, 6.07) is 15.4. The third-order valence-electron chi connectivity index (χ3n) is 3.91. The van der Waals surface area contributed by atoms with E-state index in [0.717, 1.165) is 11.1 Å². The van der Waals surface area contributed by atoms with Crippen LogP contribution >= 0.6 is 0 Å². The van der Waals surface area contributed by atoms with Gasteiger partial charge in [0.25, 0.3) is 0 Å². The zero-order valence-corrected chi connectivity index (χ0v) is 14.3. The summed E-state index contributed by atoms with van der Waals surface area (Å²) in [5.41, 5.74) is 8.32. The number of aromatic nitrogens is 2. The molecule has 0 fully saturated rings. The molecule has 0 spiro atoms. The molecule has 0 aliphatic carbocycles. The Morgan fingerprint density at radius 2 is 1.76 bits per heavy atom. The molecule has 2 aromatic carbocycles. The normalized spacial score (nSPS) is 12.0. The van der Waals surface area contributed by atoms with Crippen molar-refractivity contribution in [3.63, 3.8) is 0 Å². The van der Waals surface area contributed by atoms with E-state index in [-0.39, 0.29) is 6.04 Å². The Bertz CT molecular complexity index is 818. The number of hydrogen-bond donors (Lipinski definition) is 1. The van der Waals surface area contributed by atoms with Crippen molar-refractivity contribution in [2.75, 3.05) is 14.2 Å². The minimum absolute atomic E-state index is 0.325. The van der Waals surface area contributed by atoms with Gasteiger partial charge < -0.3 is 19.7 Å². The van der Waals surface area contributed by atoms with Crippen LogP contribution in [-0.2, 0) is 12.8 Å². The molecule has 1 aromatic heterocycles. The van der Waals surface area contributed by atoms with Crippen LogP contribution in [0.1, 0.15) is 28.9 Å². The molecule has 25 heavy (non-hydrogen) atoms. The third kappa shape index (κ3) is 4.16. The topological polar surface area (TPSA) is 83.4 Å². The summed E-state index contributed by atoms with van der Waals surface area (Å²) in [5, 5.41) is 4.03. The van der Waals surface area contributed by atoms with Gasteiger partial charge in [0.15, 0.2) is 17.3 Å². The zero-order chi connectivity index (χ0) is 17.6. The maximum atomic E-state index is 6.18. The maximum absolute atomic E-state index is 6.18. The second-order valence-electron chi connectivity index (χ2n) is 5.71. The number of ether oxygens (including phenoxy) is 2. The smallest absolute Gasteiger partial charge is 0.243 e. The minimum atomic E-state index is -0.325. The molecular formula is C19H21N3O3. The summed E-state index contributed by atoms with van der Waals surface area (Å²) in [5.74, 6) is 2.39. The van der Waals surface area contributed by atoms with E-state index < -0.39 is 0 Å². The van der Waals surface area contributed by atoms with E-state index >= 15 is 0 Å². The Hall–Kier alpha value is -2.86. The monoisotopic (exact) mass is 339 g/mol. The van der Waals surface area contributed by atoms with Gasteiger partial charge in [0.1, 0.15) is 0 Å². The van der Waals surface area contributed by atoms with Gasteiger partial charge in [-0.1, -0.05) is 41.6 Å². The van der Waals surface area contributed by atoms with E-state index in [1.165, 1.54) is 0 Å². The van der Waals surface area contributed by atoms with Gasteiger partial charge in [-0.05, 0) is 29.7 Å². The molecule has 0 saturated carbocycles. The molecule has 6 heteroatoms. The van der Waals surface area contributed by atoms with Crippen molar-refractivity contribution in [2.45, 2.75) is 18.9 Å². The lowest BCUT2D eigenvalue weighted by Gasteiger charge is -2.08. The average molecular weight is 339 g/mol. The Morgan fingerprint density at radius 1 is 1.00 bits per heavy atom. The molecule has 0 aliphatic heterocycles. The van der Waals surface area contributed by atoms with Crippen LogP contribution in [0.15, 0.2) is 53.1 Å². The summed E-state index contributed by atoms with van der Waals surface area (Å²) in [7, 11) is 3.22. The number of benzene rings is 2. The van der Waals surface area contributed by atoms with Crippen molar-refractivity contribution in [3.05, 3.63) is 71.4 Å². The molecule has 3 aromatic rings. The van der Waals surface area contributed by atoms with Crippen molar-refractivity contribution in [2.24, 2.45) is 5.73 Å². The lowest BCUT2D eigenvalue weighted by atomic mass is 10.1. The first-order valence-electron chi connectivity index (χ1n) is 8.02. The highest BCUT2D eigenvalue weighted by Crippen LogP contribution is 2.28. The number of nitrogens with two attached hydrogens (primary N) is 1. The second kappa shape index (κ2) is 7.81. The van der Waals surface area contributed by atoms with E-state index in [1.54, 1.807) is 14.2 Å². The Labute approximate surface area is 146 Å². The highest BCUT2D eigenvalue weighted by molar-refractivity contribution is 5.43. The first-order valence-corrected chi connectivity index (χ1v) is 8.02. The predicted octanol–water partition coefficient (Wildman–Crippen LogP) is 2.92. The minimum Gasteiger partial charge on any atom is -0.493 e. The molecule has 3 rings (SSSR count). The van der Waals surface area contributed by atoms with E-state index in [4.69, 9.17) is 19.7 Å². The van der Waals surface area contributed by atoms with Crippen LogP contribution in [-0.4, -0.2) is 24.4 Å². The Kier molecular flexibility index (Phi) is 5.30. The fraction of sp³-hybridized carbons (Fsp3) is 0.263. The van der Waals surface area contributed by atoms with Gasteiger partial charge >= 0.3 is 0 Å². The van der Waals surface area contributed by atoms with Crippen LogP contribution < -0.4 is 15.2 Å². The molecule has 0 unspecified atom stereocenters. The zero-order valence-electron chi connectivity index (χ0n) is 14.3. The van der Waals surface area contributed by atoms with Gasteiger partial charge in [-0.25, -0.2) is 0 Å². The van der Waals surface area contributed by atoms with E-state index in [2.05, 4.69) is 10.1 Å². The largest absolute Gasteiger partial charge is 0.493 e. The molecular weight excluding hydrogens is 318 g/mol. The molecule has 130 valence electrons. The van der Waals surface area contributed by atoms with Gasteiger partial charge in [-0.3, -0.25) is 0 Å². The highest BCUT2D eigenvalue weighted by atomic mass is 16.5. The molecule has 1 heterocycles. The quantitative estimate of drug-likeness (QED) is 0.712. The number of nitrogens with zero attached hydrogens (tertiary/aromatic N) is 2. The van der Waals surface area contributed by atoms with E-state index in [1.807, 2.05) is 48.5 Å². The summed E-state index contributed by atoms with van der Waals surface area (Å²) in [6.07, 6.45) is 1.18. The van der Waals surface area contributed by atoms with Crippen LogP contribution in [0.25, 0.3) is 0 Å². The maximum Gasteiger partial charge on any atom is 0.243 e. The van der Waals surface area contributed by atoms with Gasteiger partial charge in [0, 0.05) is 6.42 Å². The average Bonchev–Trinajstić information content (AvgIpc) is 3.11. The SMILES string of the molecule is COc1ccc(Cc2noc([C@@H](N)Cc3ccccc3)n2)cc1OC. The van der Waals surface area contributed by atoms with Crippen molar-refractivity contribution < 1.29 is 14.0 Å². The first-order chi connectivity index (χ1) is 12.2. The number of rotatable bonds is 7. The van der Waals surface area contributed by atoms with Gasteiger partial charge in [-0.2, -0.15) is 4.98 Å². The summed E-state index contributed by atoms with van der Waals surface area (Å²) in [4.78, 5) is 4.42. The molecule has 1 atom stereocenters. The van der Waals surface area contributed by atoms with Gasteiger partial charge in [-0.15, -0.1) is 0 Å². The van der Waals surface area contributed by atoms with Crippen LogP contribution in [0.3, 0.4) is 0 Å². The molecule has 0 radical (unpaired) electrons. The summed E-state index contributed by atoms with van der Waals surface area (Å²) >= 11 is 0. The summed E-state index contributed by atoms with van der Waals surface area (Å²) in [6.45, 7) is 0. The Balaban J connectivity index is 1.69. The molecule has 6 nitrogen and oxygen atoms in total. The van der Waals surface area contributed by atoms with Crippen molar-refractivity contribution >= 4 is 0 Å². The van der Waals surface area contributed by atoms with E-state index in [9.17, 15) is 0 Å². The highest BCUT2D eigenvalue weighted by Gasteiger charge is 2.16. The molecule has 0 bridgehead atoms. The molecule has 0 aliphatic rings. The van der Waals surface area contributed by atoms with Crippen LogP contribution in [0.2, 0.25) is 0 Å². The lowest BCUT2D eigenvalue weighted by Crippen LogP contribution is -2.13. The van der Waals surface area contributed by atoms with Crippen molar-refractivity contribution in [1.82, 2.24) is 10.1 Å². The third-order valence-corrected chi connectivity index (χ3v) is 3.91. The molecule has 2 N–H and O–H groups in total. The predicted molar refractivity (Wildman–Crippen MR) is 93.7 cm³/mol. The van der Waals surface area contributed by atoms with Crippen LogP contribution in [0.4, 0.5) is 0 Å². The molecule has 0 saturated heterocycles. The fourth-order valence-electron chi connectivity index (χ4n) is 2.62. The number of methoxy groups -OCH3 is 2. The van der Waals surface area contributed by atoms with Crippen molar-refractivity contribution in [3.8, 4) is 11.5 Å². The lowest BCUT2D eigenvalue weighted by molar-refractivity contribution is 0.350. The van der Waals surface area contributed by atoms with Crippen LogP contribution in [0, 0.1) is 0 Å². The van der Waals surface area contributed by atoms with E-state index in [0.29, 0.717) is 36.1 Å². The fourth-order valence-corrected chi connectivity index (χ4v) is 2.62. The van der Waals surface area contributed by atoms with Gasteiger partial charge in [0.2, 0.25) is 5.89 Å². The molecule has 0 amide bonds. The standard InChI is InChI=1S/C19H21N3O3/c1-23-16-9-8-14(11-17(16)24-2)12-18-21-19(25-22-18)15(20)10-13-6-4-3-5-7-13/h3-9,11,15H,10,12,20H2,1-2H3/t15-/m0/s1. The number of hydrogen-bond acceptors (Lipinski definition) is 6.